The number of carboxylic acids is 1. The van der Waals surface area contributed by atoms with E-state index in [1.165, 1.54) is 16.2 Å². The van der Waals surface area contributed by atoms with Gasteiger partial charge in [0, 0.05) is 41.1 Å². The number of hydrogen-bond acceptors (Lipinski definition) is 6. The lowest BCUT2D eigenvalue weighted by Gasteiger charge is -2.28. The van der Waals surface area contributed by atoms with Crippen LogP contribution in [-0.4, -0.2) is 32.9 Å². The fourth-order valence-electron chi connectivity index (χ4n) is 3.65. The highest BCUT2D eigenvalue weighted by Crippen LogP contribution is 2.25. The van der Waals surface area contributed by atoms with Gasteiger partial charge in [0.25, 0.3) is 5.91 Å². The number of aryl methyl sites for hydroxylation is 1. The van der Waals surface area contributed by atoms with Crippen LogP contribution in [0.4, 0.5) is 0 Å². The van der Waals surface area contributed by atoms with Gasteiger partial charge >= 0.3 is 5.97 Å². The van der Waals surface area contributed by atoms with Gasteiger partial charge in [0.05, 0.1) is 24.8 Å². The van der Waals surface area contributed by atoms with Gasteiger partial charge in [-0.05, 0) is 44.2 Å². The Labute approximate surface area is 215 Å². The number of hydrogen-bond donors (Lipinski definition) is 1. The molecule has 4 rings (SSSR count). The van der Waals surface area contributed by atoms with Crippen LogP contribution in [0.15, 0.2) is 76.7 Å². The number of thiazole rings is 1. The summed E-state index contributed by atoms with van der Waals surface area (Å²) in [6.45, 7) is 3.76. The summed E-state index contributed by atoms with van der Waals surface area (Å²) in [5.74, 6) is 0.199. The lowest BCUT2D eigenvalue weighted by molar-refractivity contribution is -0.136. The Morgan fingerprint density at radius 1 is 1.14 bits per heavy atom. The molecule has 0 aliphatic heterocycles. The van der Waals surface area contributed by atoms with Crippen molar-refractivity contribution in [3.8, 4) is 17.1 Å². The van der Waals surface area contributed by atoms with Crippen molar-refractivity contribution in [1.29, 1.82) is 0 Å². The molecule has 36 heavy (non-hydrogen) atoms. The van der Waals surface area contributed by atoms with Crippen molar-refractivity contribution in [2.75, 3.05) is 0 Å². The second-order valence-electron chi connectivity index (χ2n) is 8.42. The van der Waals surface area contributed by atoms with Crippen LogP contribution in [0.1, 0.15) is 48.3 Å². The first-order valence-electron chi connectivity index (χ1n) is 12.0. The SMILES string of the molecule is [2H]C(C)(C)N(Cc1ccccc1OCc1csc(CCC(=O)O)n1)C(=O)c1ccc(-c2ccco2)cc1. The second kappa shape index (κ2) is 11.7. The fraction of sp³-hybridized carbons (Fsp3) is 0.250. The molecule has 2 heterocycles. The topological polar surface area (TPSA) is 92.9 Å². The molecule has 0 radical (unpaired) electrons. The third-order valence-corrected chi connectivity index (χ3v) is 6.51. The summed E-state index contributed by atoms with van der Waals surface area (Å²) in [5, 5.41) is 11.5. The number of aromatic nitrogens is 1. The highest BCUT2D eigenvalue weighted by atomic mass is 32.1. The van der Waals surface area contributed by atoms with E-state index in [-0.39, 0.29) is 25.5 Å². The molecule has 0 saturated heterocycles. The minimum Gasteiger partial charge on any atom is -0.487 e. The Morgan fingerprint density at radius 3 is 2.61 bits per heavy atom. The number of carbonyl (C=O) groups excluding carboxylic acids is 1. The number of benzene rings is 2. The number of carboxylic acid groups (broad SMARTS) is 1. The molecule has 0 atom stereocenters. The van der Waals surface area contributed by atoms with E-state index in [9.17, 15) is 9.59 Å². The van der Waals surface area contributed by atoms with Gasteiger partial charge in [-0.2, -0.15) is 0 Å². The van der Waals surface area contributed by atoms with Crippen LogP contribution in [0, 0.1) is 0 Å². The summed E-state index contributed by atoms with van der Waals surface area (Å²) in [4.78, 5) is 30.2. The van der Waals surface area contributed by atoms with Crippen molar-refractivity contribution in [2.24, 2.45) is 0 Å². The van der Waals surface area contributed by atoms with Crippen LogP contribution in [0.5, 0.6) is 5.75 Å². The molecule has 4 aromatic rings. The molecule has 0 spiro atoms. The summed E-state index contributed by atoms with van der Waals surface area (Å²) in [5.41, 5.74) is 2.82. The van der Waals surface area contributed by atoms with Gasteiger partial charge in [0.15, 0.2) is 0 Å². The van der Waals surface area contributed by atoms with Crippen LogP contribution in [0.3, 0.4) is 0 Å². The van der Waals surface area contributed by atoms with Crippen LogP contribution in [0.2, 0.25) is 0 Å². The van der Waals surface area contributed by atoms with Crippen LogP contribution < -0.4 is 4.74 Å². The predicted molar refractivity (Wildman–Crippen MR) is 138 cm³/mol. The zero-order valence-corrected chi connectivity index (χ0v) is 21.0. The standard InChI is InChI=1S/C28H28N2O5S/c1-19(2)30(28(33)21-11-9-20(10-12-21)24-8-5-15-34-24)16-22-6-3-4-7-25(22)35-17-23-18-36-26(29-23)13-14-27(31)32/h3-12,15,18-19H,13-14,16-17H2,1-2H3,(H,31,32)/i19D. The summed E-state index contributed by atoms with van der Waals surface area (Å²) >= 11 is 1.41. The largest absolute Gasteiger partial charge is 0.487 e. The van der Waals surface area contributed by atoms with Gasteiger partial charge in [0.2, 0.25) is 0 Å². The van der Waals surface area contributed by atoms with E-state index in [1.807, 2.05) is 53.9 Å². The van der Waals surface area contributed by atoms with E-state index in [0.717, 1.165) is 21.9 Å². The lowest BCUT2D eigenvalue weighted by atomic mass is 10.1. The third-order valence-electron chi connectivity index (χ3n) is 5.55. The molecule has 1 amide bonds. The Balaban J connectivity index is 1.48. The number of amides is 1. The Hall–Kier alpha value is -3.91. The number of ether oxygens (including phenoxy) is 1. The number of carbonyl (C=O) groups is 2. The van der Waals surface area contributed by atoms with E-state index in [2.05, 4.69) is 4.98 Å². The van der Waals surface area contributed by atoms with Crippen LogP contribution >= 0.6 is 11.3 Å². The van der Waals surface area contributed by atoms with Crippen LogP contribution in [-0.2, 0) is 24.4 Å². The smallest absolute Gasteiger partial charge is 0.303 e. The molecule has 1 N–H and O–H groups in total. The first-order chi connectivity index (χ1) is 17.7. The van der Waals surface area contributed by atoms with E-state index in [0.29, 0.717) is 23.4 Å². The lowest BCUT2D eigenvalue weighted by Crippen LogP contribution is -2.36. The second-order valence-corrected chi connectivity index (χ2v) is 9.36. The number of rotatable bonds is 11. The first kappa shape index (κ1) is 23.8. The zero-order chi connectivity index (χ0) is 26.4. The molecule has 7 nitrogen and oxygen atoms in total. The summed E-state index contributed by atoms with van der Waals surface area (Å²) in [6.07, 6.45) is 2.02. The Kier molecular flexibility index (Phi) is 7.73. The molecule has 8 heteroatoms. The maximum atomic E-state index is 13.5. The average Bonchev–Trinajstić information content (AvgIpc) is 3.57. The van der Waals surface area contributed by atoms with Gasteiger partial charge in [-0.1, -0.05) is 30.3 Å². The molecule has 186 valence electrons. The van der Waals surface area contributed by atoms with E-state index >= 15 is 0 Å². The number of aliphatic carboxylic acids is 1. The highest BCUT2D eigenvalue weighted by Gasteiger charge is 2.21. The van der Waals surface area contributed by atoms with Gasteiger partial charge in [-0.3, -0.25) is 9.59 Å². The van der Waals surface area contributed by atoms with Gasteiger partial charge in [0.1, 0.15) is 18.1 Å². The molecule has 0 aliphatic rings. The zero-order valence-electron chi connectivity index (χ0n) is 21.1. The van der Waals surface area contributed by atoms with E-state index in [1.54, 1.807) is 32.2 Å². The highest BCUT2D eigenvalue weighted by molar-refractivity contribution is 7.09. The summed E-state index contributed by atoms with van der Waals surface area (Å²) in [6, 6.07) is 17.0. The minimum absolute atomic E-state index is 0.0367. The quantitative estimate of drug-likeness (QED) is 0.267. The molecular weight excluding hydrogens is 476 g/mol. The van der Waals surface area contributed by atoms with Gasteiger partial charge in [-0.25, -0.2) is 4.98 Å². The maximum absolute atomic E-state index is 13.5. The normalized spacial score (nSPS) is 11.7. The first-order valence-corrected chi connectivity index (χ1v) is 12.4. The predicted octanol–water partition coefficient (Wildman–Crippen LogP) is 6.05. The Bertz CT molecular complexity index is 1340. The summed E-state index contributed by atoms with van der Waals surface area (Å²) < 4.78 is 20.1. The number of para-hydroxylation sites is 1. The third kappa shape index (κ3) is 6.40. The molecule has 0 bridgehead atoms. The monoisotopic (exact) mass is 505 g/mol. The Morgan fingerprint density at radius 2 is 1.92 bits per heavy atom. The van der Waals surface area contributed by atoms with Crippen molar-refractivity contribution in [2.45, 2.75) is 45.9 Å². The molecular formula is C28H28N2O5S. The van der Waals surface area contributed by atoms with Crippen molar-refractivity contribution in [3.05, 3.63) is 94.1 Å². The van der Waals surface area contributed by atoms with E-state index < -0.39 is 12.0 Å². The van der Waals surface area contributed by atoms with Gasteiger partial charge < -0.3 is 19.2 Å². The summed E-state index contributed by atoms with van der Waals surface area (Å²) in [7, 11) is 0. The molecule has 0 aliphatic carbocycles. The van der Waals surface area contributed by atoms with Crippen molar-refractivity contribution < 1.29 is 25.2 Å². The molecule has 0 fully saturated rings. The van der Waals surface area contributed by atoms with Crippen molar-refractivity contribution >= 4 is 23.2 Å². The average molecular weight is 506 g/mol. The van der Waals surface area contributed by atoms with Gasteiger partial charge in [-0.15, -0.1) is 11.3 Å². The number of furan rings is 1. The van der Waals surface area contributed by atoms with E-state index in [4.69, 9.17) is 15.6 Å². The maximum Gasteiger partial charge on any atom is 0.303 e. The fourth-order valence-corrected chi connectivity index (χ4v) is 4.43. The molecule has 2 aromatic carbocycles. The minimum atomic E-state index is -1.18. The molecule has 0 saturated carbocycles. The molecule has 0 unspecified atom stereocenters. The van der Waals surface area contributed by atoms with Crippen molar-refractivity contribution in [3.63, 3.8) is 0 Å². The number of nitrogens with zero attached hydrogens (tertiary/aromatic N) is 2. The van der Waals surface area contributed by atoms with Crippen molar-refractivity contribution in [1.82, 2.24) is 9.88 Å². The van der Waals surface area contributed by atoms with Crippen LogP contribution in [0.25, 0.3) is 11.3 Å². The molecule has 2 aromatic heterocycles.